The van der Waals surface area contributed by atoms with E-state index >= 15 is 0 Å². The standard InChI is InChI=1S/C17H20O7/c1-8-10-7-11(21-9(2)18)16(4,20)17-6-5-15(3,23-24-17)13(17)12(10)22-14(8)19/h5-6,10-13,20H,1,7H2,2-4H3/t10-,11+,12-,13-,15+,16+,17-/m0/s1. The fraction of sp³-hybridized carbons (Fsp3) is 0.647. The highest BCUT2D eigenvalue weighted by Crippen LogP contribution is 2.61. The Labute approximate surface area is 139 Å². The van der Waals surface area contributed by atoms with Crippen LogP contribution in [-0.2, 0) is 28.8 Å². The molecule has 0 aromatic heterocycles. The summed E-state index contributed by atoms with van der Waals surface area (Å²) in [5.74, 6) is -1.84. The van der Waals surface area contributed by atoms with Crippen LogP contribution >= 0.6 is 0 Å². The van der Waals surface area contributed by atoms with Crippen LogP contribution in [0.25, 0.3) is 0 Å². The molecule has 24 heavy (non-hydrogen) atoms. The molecule has 2 heterocycles. The highest BCUT2D eigenvalue weighted by molar-refractivity contribution is 5.91. The number of carbonyl (C=O) groups excluding carboxylic acids is 2. The van der Waals surface area contributed by atoms with Crippen LogP contribution in [-0.4, -0.2) is 46.1 Å². The zero-order valence-corrected chi connectivity index (χ0v) is 13.8. The Hall–Kier alpha value is -1.70. The third-order valence-corrected chi connectivity index (χ3v) is 5.97. The van der Waals surface area contributed by atoms with Gasteiger partial charge in [0.1, 0.15) is 23.4 Å². The minimum atomic E-state index is -1.56. The first-order chi connectivity index (χ1) is 11.1. The maximum Gasteiger partial charge on any atom is 0.334 e. The molecule has 2 aliphatic carbocycles. The summed E-state index contributed by atoms with van der Waals surface area (Å²) in [5, 5.41) is 11.3. The van der Waals surface area contributed by atoms with Gasteiger partial charge in [0.25, 0.3) is 0 Å². The summed E-state index contributed by atoms with van der Waals surface area (Å²) in [6.07, 6.45) is 2.30. The van der Waals surface area contributed by atoms with E-state index in [4.69, 9.17) is 19.2 Å². The highest BCUT2D eigenvalue weighted by atomic mass is 17.2. The van der Waals surface area contributed by atoms with Crippen LogP contribution in [0.5, 0.6) is 0 Å². The van der Waals surface area contributed by atoms with Gasteiger partial charge in [0.05, 0.1) is 5.92 Å². The van der Waals surface area contributed by atoms with Gasteiger partial charge in [-0.25, -0.2) is 14.6 Å². The van der Waals surface area contributed by atoms with Crippen molar-refractivity contribution in [1.82, 2.24) is 0 Å². The minimum absolute atomic E-state index is 0.230. The van der Waals surface area contributed by atoms with E-state index in [-0.39, 0.29) is 12.3 Å². The number of aliphatic hydroxyl groups is 1. The summed E-state index contributed by atoms with van der Waals surface area (Å²) in [6, 6.07) is 0. The van der Waals surface area contributed by atoms with Gasteiger partial charge in [-0.2, -0.15) is 0 Å². The van der Waals surface area contributed by atoms with Gasteiger partial charge in [0.2, 0.25) is 0 Å². The maximum absolute atomic E-state index is 12.1. The topological polar surface area (TPSA) is 91.3 Å². The second-order valence-corrected chi connectivity index (χ2v) is 7.44. The van der Waals surface area contributed by atoms with E-state index in [0.717, 1.165) is 0 Å². The minimum Gasteiger partial charge on any atom is -0.459 e. The van der Waals surface area contributed by atoms with E-state index in [1.807, 2.05) is 6.92 Å². The lowest BCUT2D eigenvalue weighted by Gasteiger charge is -2.42. The first-order valence-corrected chi connectivity index (χ1v) is 7.99. The van der Waals surface area contributed by atoms with Gasteiger partial charge in [-0.15, -0.1) is 0 Å². The monoisotopic (exact) mass is 336 g/mol. The van der Waals surface area contributed by atoms with Crippen LogP contribution in [0.15, 0.2) is 24.3 Å². The molecule has 0 radical (unpaired) electrons. The predicted molar refractivity (Wildman–Crippen MR) is 79.2 cm³/mol. The lowest BCUT2D eigenvalue weighted by atomic mass is 9.70. The summed E-state index contributed by atoms with van der Waals surface area (Å²) in [5.41, 5.74) is -3.36. The van der Waals surface area contributed by atoms with Crippen LogP contribution in [0, 0.1) is 11.8 Å². The van der Waals surface area contributed by atoms with Crippen LogP contribution in [0.1, 0.15) is 27.2 Å². The second kappa shape index (κ2) is 4.47. The summed E-state index contributed by atoms with van der Waals surface area (Å²) in [6.45, 7) is 8.48. The van der Waals surface area contributed by atoms with Gasteiger partial charge in [0, 0.05) is 18.4 Å². The fourth-order valence-corrected chi connectivity index (χ4v) is 4.66. The molecule has 2 bridgehead atoms. The van der Waals surface area contributed by atoms with Crippen molar-refractivity contribution in [2.24, 2.45) is 11.8 Å². The second-order valence-electron chi connectivity index (χ2n) is 7.44. The zero-order valence-electron chi connectivity index (χ0n) is 13.8. The molecule has 0 spiro atoms. The van der Waals surface area contributed by atoms with E-state index in [9.17, 15) is 14.7 Å². The molecule has 2 aliphatic heterocycles. The molecular formula is C17H20O7. The van der Waals surface area contributed by atoms with Crippen molar-refractivity contribution in [3.63, 3.8) is 0 Å². The summed E-state index contributed by atoms with van der Waals surface area (Å²) >= 11 is 0. The van der Waals surface area contributed by atoms with E-state index in [0.29, 0.717) is 5.57 Å². The van der Waals surface area contributed by atoms with Gasteiger partial charge in [0.15, 0.2) is 5.60 Å². The molecule has 7 heteroatoms. The number of esters is 2. The summed E-state index contributed by atoms with van der Waals surface area (Å²) in [7, 11) is 0. The summed E-state index contributed by atoms with van der Waals surface area (Å²) < 4.78 is 11.0. The van der Waals surface area contributed by atoms with Gasteiger partial charge >= 0.3 is 11.9 Å². The number of fused-ring (bicyclic) bond motifs is 1. The Morgan fingerprint density at radius 1 is 1.38 bits per heavy atom. The Kier molecular flexibility index (Phi) is 2.95. The molecule has 0 amide bonds. The lowest BCUT2D eigenvalue weighted by Crippen LogP contribution is -2.62. The van der Waals surface area contributed by atoms with Gasteiger partial charge < -0.3 is 14.6 Å². The molecule has 0 unspecified atom stereocenters. The molecule has 1 N–H and O–H groups in total. The lowest BCUT2D eigenvalue weighted by molar-refractivity contribution is -0.366. The van der Waals surface area contributed by atoms with E-state index in [2.05, 4.69) is 6.58 Å². The molecule has 4 aliphatic rings. The molecule has 1 saturated carbocycles. The average Bonchev–Trinajstić information content (AvgIpc) is 3.04. The SMILES string of the molecule is C=C1C(=O)O[C@H]2[C@H]1C[C@@H](OC(C)=O)[C@@](C)(O)[C@@]13C=C[C@@](C)(OO1)[C@H]23. The van der Waals surface area contributed by atoms with Crippen molar-refractivity contribution < 1.29 is 33.9 Å². The third kappa shape index (κ3) is 1.67. The fourth-order valence-electron chi connectivity index (χ4n) is 4.66. The molecule has 0 aromatic carbocycles. The Morgan fingerprint density at radius 2 is 2.08 bits per heavy atom. The summed E-state index contributed by atoms with van der Waals surface area (Å²) in [4.78, 5) is 34.7. The van der Waals surface area contributed by atoms with Crippen molar-refractivity contribution >= 4 is 11.9 Å². The Morgan fingerprint density at radius 3 is 2.67 bits per heavy atom. The largest absolute Gasteiger partial charge is 0.459 e. The molecular weight excluding hydrogens is 316 g/mol. The van der Waals surface area contributed by atoms with E-state index in [1.165, 1.54) is 6.92 Å². The number of hydrogen-bond acceptors (Lipinski definition) is 7. The van der Waals surface area contributed by atoms with E-state index < -0.39 is 46.9 Å². The first kappa shape index (κ1) is 15.8. The molecule has 4 rings (SSSR count). The van der Waals surface area contributed by atoms with Gasteiger partial charge in [-0.1, -0.05) is 12.7 Å². The molecule has 2 saturated heterocycles. The van der Waals surface area contributed by atoms with Crippen LogP contribution in [0.2, 0.25) is 0 Å². The van der Waals surface area contributed by atoms with Crippen molar-refractivity contribution in [3.05, 3.63) is 24.3 Å². The predicted octanol–water partition coefficient (Wildman–Crippen LogP) is 0.816. The smallest absolute Gasteiger partial charge is 0.334 e. The zero-order chi connectivity index (χ0) is 17.5. The average molecular weight is 336 g/mol. The number of rotatable bonds is 1. The Balaban J connectivity index is 1.88. The van der Waals surface area contributed by atoms with Gasteiger partial charge in [-0.05, 0) is 26.3 Å². The van der Waals surface area contributed by atoms with Crippen LogP contribution in [0.4, 0.5) is 0 Å². The van der Waals surface area contributed by atoms with Crippen molar-refractivity contribution in [3.8, 4) is 0 Å². The van der Waals surface area contributed by atoms with Crippen LogP contribution in [0.3, 0.4) is 0 Å². The van der Waals surface area contributed by atoms with E-state index in [1.54, 1.807) is 19.1 Å². The van der Waals surface area contributed by atoms with Crippen LogP contribution < -0.4 is 0 Å². The highest BCUT2D eigenvalue weighted by Gasteiger charge is 2.76. The maximum atomic E-state index is 12.1. The quantitative estimate of drug-likeness (QED) is 0.328. The van der Waals surface area contributed by atoms with Gasteiger partial charge in [-0.3, -0.25) is 4.79 Å². The number of carbonyl (C=O) groups is 2. The number of ether oxygens (including phenoxy) is 2. The normalized spacial score (nSPS) is 51.8. The molecule has 0 aromatic rings. The molecule has 130 valence electrons. The molecule has 7 atom stereocenters. The van der Waals surface area contributed by atoms with Crippen molar-refractivity contribution in [2.75, 3.05) is 0 Å². The first-order valence-electron chi connectivity index (χ1n) is 7.99. The van der Waals surface area contributed by atoms with Crippen molar-refractivity contribution in [2.45, 2.75) is 56.2 Å². The number of hydrogen-bond donors (Lipinski definition) is 1. The molecule has 3 fully saturated rings. The third-order valence-electron chi connectivity index (χ3n) is 5.97. The van der Waals surface area contributed by atoms with Crippen molar-refractivity contribution in [1.29, 1.82) is 0 Å². The Bertz CT molecular complexity index is 680. The molecule has 7 nitrogen and oxygen atoms in total.